The number of hydrogen-bond donors (Lipinski definition) is 3. The summed E-state index contributed by atoms with van der Waals surface area (Å²) in [5, 5.41) is 13.6. The SMILES string of the molecule is CC1CC(NC(=O)N[C@@H](C)C(=O)O)C1. The maximum Gasteiger partial charge on any atom is 0.325 e. The molecule has 0 spiro atoms. The lowest BCUT2D eigenvalue weighted by molar-refractivity contribution is -0.138. The van der Waals surface area contributed by atoms with Crippen LogP contribution in [0.15, 0.2) is 0 Å². The Morgan fingerprint density at radius 1 is 1.43 bits per heavy atom. The fraction of sp³-hybridized carbons (Fsp3) is 0.778. The quantitative estimate of drug-likeness (QED) is 0.622. The molecular formula is C9H16N2O3. The van der Waals surface area contributed by atoms with Crippen molar-refractivity contribution >= 4 is 12.0 Å². The number of carbonyl (C=O) groups is 2. The highest BCUT2D eigenvalue weighted by Crippen LogP contribution is 2.25. The van der Waals surface area contributed by atoms with Gasteiger partial charge in [0.2, 0.25) is 0 Å². The van der Waals surface area contributed by atoms with Crippen LogP contribution in [0, 0.1) is 5.92 Å². The summed E-state index contributed by atoms with van der Waals surface area (Å²) in [7, 11) is 0. The van der Waals surface area contributed by atoms with Gasteiger partial charge in [0.25, 0.3) is 0 Å². The van der Waals surface area contributed by atoms with E-state index in [1.807, 2.05) is 0 Å². The van der Waals surface area contributed by atoms with Gasteiger partial charge in [-0.3, -0.25) is 4.79 Å². The number of urea groups is 1. The first-order valence-corrected chi connectivity index (χ1v) is 4.79. The van der Waals surface area contributed by atoms with E-state index in [-0.39, 0.29) is 6.04 Å². The van der Waals surface area contributed by atoms with Crippen LogP contribution in [0.2, 0.25) is 0 Å². The molecule has 1 atom stereocenters. The van der Waals surface area contributed by atoms with Gasteiger partial charge in [0.1, 0.15) is 6.04 Å². The van der Waals surface area contributed by atoms with Gasteiger partial charge >= 0.3 is 12.0 Å². The molecule has 1 rings (SSSR count). The van der Waals surface area contributed by atoms with E-state index in [2.05, 4.69) is 17.6 Å². The minimum Gasteiger partial charge on any atom is -0.480 e. The molecule has 3 N–H and O–H groups in total. The molecular weight excluding hydrogens is 184 g/mol. The molecule has 0 aromatic rings. The molecule has 0 unspecified atom stereocenters. The van der Waals surface area contributed by atoms with E-state index in [0.717, 1.165) is 12.8 Å². The smallest absolute Gasteiger partial charge is 0.325 e. The first kappa shape index (κ1) is 10.8. The average molecular weight is 200 g/mol. The number of hydrogen-bond acceptors (Lipinski definition) is 2. The van der Waals surface area contributed by atoms with Gasteiger partial charge in [-0.05, 0) is 25.7 Å². The number of aliphatic carboxylic acids is 1. The molecule has 5 nitrogen and oxygen atoms in total. The molecule has 0 heterocycles. The largest absolute Gasteiger partial charge is 0.480 e. The van der Waals surface area contributed by atoms with Crippen molar-refractivity contribution < 1.29 is 14.7 Å². The first-order valence-electron chi connectivity index (χ1n) is 4.79. The van der Waals surface area contributed by atoms with Gasteiger partial charge in [0, 0.05) is 6.04 Å². The highest BCUT2D eigenvalue weighted by atomic mass is 16.4. The lowest BCUT2D eigenvalue weighted by Crippen LogP contribution is -2.51. The zero-order valence-electron chi connectivity index (χ0n) is 8.41. The Bertz CT molecular complexity index is 236. The third kappa shape index (κ3) is 2.90. The fourth-order valence-corrected chi connectivity index (χ4v) is 1.51. The Hall–Kier alpha value is -1.26. The van der Waals surface area contributed by atoms with Crippen molar-refractivity contribution in [2.45, 2.75) is 38.8 Å². The van der Waals surface area contributed by atoms with Gasteiger partial charge in [-0.2, -0.15) is 0 Å². The Kier molecular flexibility index (Phi) is 3.33. The van der Waals surface area contributed by atoms with Crippen LogP contribution < -0.4 is 10.6 Å². The van der Waals surface area contributed by atoms with Crippen molar-refractivity contribution in [2.24, 2.45) is 5.92 Å². The van der Waals surface area contributed by atoms with Gasteiger partial charge in [-0.1, -0.05) is 6.92 Å². The molecule has 0 aromatic heterocycles. The third-order valence-corrected chi connectivity index (χ3v) is 2.43. The van der Waals surface area contributed by atoms with E-state index in [1.54, 1.807) is 0 Å². The Morgan fingerprint density at radius 3 is 2.43 bits per heavy atom. The molecule has 2 amide bonds. The van der Waals surface area contributed by atoms with Crippen LogP contribution in [0.5, 0.6) is 0 Å². The van der Waals surface area contributed by atoms with Crippen LogP contribution in [0.25, 0.3) is 0 Å². The molecule has 1 fully saturated rings. The molecule has 0 aliphatic heterocycles. The average Bonchev–Trinajstić information content (AvgIpc) is 2.01. The van der Waals surface area contributed by atoms with Crippen molar-refractivity contribution in [1.82, 2.24) is 10.6 Å². The van der Waals surface area contributed by atoms with Gasteiger partial charge in [-0.25, -0.2) is 4.79 Å². The van der Waals surface area contributed by atoms with Gasteiger partial charge in [-0.15, -0.1) is 0 Å². The van der Waals surface area contributed by atoms with E-state index >= 15 is 0 Å². The Morgan fingerprint density at radius 2 is 2.00 bits per heavy atom. The Balaban J connectivity index is 2.19. The van der Waals surface area contributed by atoms with Crippen LogP contribution in [0.3, 0.4) is 0 Å². The summed E-state index contributed by atoms with van der Waals surface area (Å²) in [5.41, 5.74) is 0. The maximum absolute atomic E-state index is 11.2. The first-order chi connectivity index (χ1) is 6.49. The second-order valence-corrected chi connectivity index (χ2v) is 3.95. The third-order valence-electron chi connectivity index (χ3n) is 2.43. The van der Waals surface area contributed by atoms with Crippen LogP contribution in [0.4, 0.5) is 4.79 Å². The number of amides is 2. The topological polar surface area (TPSA) is 78.4 Å². The Labute approximate surface area is 82.9 Å². The standard InChI is InChI=1S/C9H16N2O3/c1-5-3-7(4-5)11-9(14)10-6(2)8(12)13/h5-7H,3-4H2,1-2H3,(H,12,13)(H2,10,11,14)/t5?,6-,7?/m0/s1. The summed E-state index contributed by atoms with van der Waals surface area (Å²) in [5.74, 6) is -0.362. The second-order valence-electron chi connectivity index (χ2n) is 3.95. The molecule has 5 heteroatoms. The van der Waals surface area contributed by atoms with Crippen molar-refractivity contribution in [3.05, 3.63) is 0 Å². The van der Waals surface area contributed by atoms with Crippen LogP contribution in [-0.4, -0.2) is 29.2 Å². The predicted octanol–water partition coefficient (Wildman–Crippen LogP) is 0.557. The summed E-state index contributed by atoms with van der Waals surface area (Å²) in [6.45, 7) is 3.56. The maximum atomic E-state index is 11.2. The number of rotatable bonds is 3. The molecule has 1 aliphatic rings. The second kappa shape index (κ2) is 4.30. The van der Waals surface area contributed by atoms with E-state index in [0.29, 0.717) is 5.92 Å². The number of nitrogens with one attached hydrogen (secondary N) is 2. The van der Waals surface area contributed by atoms with E-state index in [4.69, 9.17) is 5.11 Å². The van der Waals surface area contributed by atoms with Gasteiger partial charge < -0.3 is 15.7 Å². The summed E-state index contributed by atoms with van der Waals surface area (Å²) >= 11 is 0. The molecule has 0 aromatic carbocycles. The number of carboxylic acid groups (broad SMARTS) is 1. The normalized spacial score (nSPS) is 27.3. The van der Waals surface area contributed by atoms with Crippen LogP contribution in [0.1, 0.15) is 26.7 Å². The van der Waals surface area contributed by atoms with Crippen LogP contribution in [-0.2, 0) is 4.79 Å². The number of carbonyl (C=O) groups excluding carboxylic acids is 1. The van der Waals surface area contributed by atoms with E-state index < -0.39 is 18.0 Å². The molecule has 0 radical (unpaired) electrons. The fourth-order valence-electron chi connectivity index (χ4n) is 1.51. The van der Waals surface area contributed by atoms with Gasteiger partial charge in [0.15, 0.2) is 0 Å². The molecule has 1 saturated carbocycles. The molecule has 80 valence electrons. The summed E-state index contributed by atoms with van der Waals surface area (Å²) in [6, 6.07) is -1.02. The molecule has 0 saturated heterocycles. The van der Waals surface area contributed by atoms with Crippen molar-refractivity contribution in [3.63, 3.8) is 0 Å². The minimum atomic E-state index is -1.03. The molecule has 0 bridgehead atoms. The van der Waals surface area contributed by atoms with Gasteiger partial charge in [0.05, 0.1) is 0 Å². The highest BCUT2D eigenvalue weighted by molar-refractivity contribution is 5.82. The lowest BCUT2D eigenvalue weighted by atomic mass is 9.82. The zero-order chi connectivity index (χ0) is 10.7. The van der Waals surface area contributed by atoms with Crippen molar-refractivity contribution in [3.8, 4) is 0 Å². The monoisotopic (exact) mass is 200 g/mol. The van der Waals surface area contributed by atoms with Crippen molar-refractivity contribution in [1.29, 1.82) is 0 Å². The van der Waals surface area contributed by atoms with E-state index in [1.165, 1.54) is 6.92 Å². The highest BCUT2D eigenvalue weighted by Gasteiger charge is 2.27. The summed E-state index contributed by atoms with van der Waals surface area (Å²) in [4.78, 5) is 21.6. The minimum absolute atomic E-state index is 0.214. The summed E-state index contributed by atoms with van der Waals surface area (Å²) < 4.78 is 0. The number of carboxylic acids is 1. The zero-order valence-corrected chi connectivity index (χ0v) is 8.41. The van der Waals surface area contributed by atoms with Crippen molar-refractivity contribution in [2.75, 3.05) is 0 Å². The molecule has 1 aliphatic carbocycles. The van der Waals surface area contributed by atoms with Crippen LogP contribution >= 0.6 is 0 Å². The lowest BCUT2D eigenvalue weighted by Gasteiger charge is -2.33. The van der Waals surface area contributed by atoms with E-state index in [9.17, 15) is 9.59 Å². The summed E-state index contributed by atoms with van der Waals surface area (Å²) in [6.07, 6.45) is 1.96. The predicted molar refractivity (Wildman–Crippen MR) is 51.0 cm³/mol. The molecule has 14 heavy (non-hydrogen) atoms.